The number of benzene rings is 3. The zero-order chi connectivity index (χ0) is 24.2. The summed E-state index contributed by atoms with van der Waals surface area (Å²) in [5.41, 5.74) is 5.49. The molecule has 0 spiro atoms. The van der Waals surface area contributed by atoms with Crippen LogP contribution in [0.15, 0.2) is 78.9 Å². The minimum atomic E-state index is -0.287. The Hall–Kier alpha value is -3.12. The monoisotopic (exact) mass is 487 g/mol. The van der Waals surface area contributed by atoms with E-state index >= 15 is 0 Å². The number of piperazine rings is 1. The second-order valence-corrected chi connectivity index (χ2v) is 9.45. The van der Waals surface area contributed by atoms with Gasteiger partial charge in [-0.05, 0) is 41.0 Å². The highest BCUT2D eigenvalue weighted by molar-refractivity contribution is 6.30. The summed E-state index contributed by atoms with van der Waals surface area (Å²) >= 11 is 6.09. The summed E-state index contributed by atoms with van der Waals surface area (Å²) in [6.07, 6.45) is 0. The lowest BCUT2D eigenvalue weighted by Gasteiger charge is -2.35. The quantitative estimate of drug-likeness (QED) is 0.319. The van der Waals surface area contributed by atoms with Crippen LogP contribution in [0.25, 0.3) is 22.0 Å². The van der Waals surface area contributed by atoms with Gasteiger partial charge in [0.25, 0.3) is 0 Å². The number of methoxy groups -OCH3 is 1. The summed E-state index contributed by atoms with van der Waals surface area (Å²) in [4.78, 5) is 17.4. The molecule has 0 atom stereocenters. The Bertz CT molecular complexity index is 1310. The fraction of sp³-hybridized carbons (Fsp3) is 0.276. The number of hydrogen-bond acceptors (Lipinski definition) is 4. The van der Waals surface area contributed by atoms with E-state index in [9.17, 15) is 4.79 Å². The van der Waals surface area contributed by atoms with Gasteiger partial charge in [0.2, 0.25) is 0 Å². The third-order valence-corrected chi connectivity index (χ3v) is 7.13. The molecule has 35 heavy (non-hydrogen) atoms. The van der Waals surface area contributed by atoms with E-state index in [1.165, 1.54) is 23.8 Å². The maximum absolute atomic E-state index is 12.3. The molecule has 0 unspecified atom stereocenters. The van der Waals surface area contributed by atoms with Crippen molar-refractivity contribution in [3.05, 3.63) is 95.1 Å². The van der Waals surface area contributed by atoms with Crippen LogP contribution in [0.1, 0.15) is 16.1 Å². The van der Waals surface area contributed by atoms with Gasteiger partial charge in [-0.1, -0.05) is 66.2 Å². The van der Waals surface area contributed by atoms with E-state index in [4.69, 9.17) is 16.3 Å². The minimum absolute atomic E-state index is 0.287. The molecule has 0 saturated carbocycles. The van der Waals surface area contributed by atoms with Crippen LogP contribution in [-0.4, -0.2) is 60.2 Å². The maximum atomic E-state index is 12.3. The topological polar surface area (TPSA) is 37.7 Å². The predicted octanol–water partition coefficient (Wildman–Crippen LogP) is 5.57. The maximum Gasteiger partial charge on any atom is 0.354 e. The van der Waals surface area contributed by atoms with E-state index in [1.54, 1.807) is 0 Å². The lowest BCUT2D eigenvalue weighted by atomic mass is 9.99. The molecule has 1 aliphatic heterocycles. The molecule has 3 aromatic carbocycles. The third kappa shape index (κ3) is 5.27. The largest absolute Gasteiger partial charge is 0.464 e. The van der Waals surface area contributed by atoms with Crippen LogP contribution in [0.2, 0.25) is 5.02 Å². The normalized spacial score (nSPS) is 14.9. The predicted molar refractivity (Wildman–Crippen MR) is 142 cm³/mol. The molecule has 1 aromatic heterocycles. The van der Waals surface area contributed by atoms with Gasteiger partial charge >= 0.3 is 5.97 Å². The van der Waals surface area contributed by atoms with E-state index in [1.807, 2.05) is 36.4 Å². The lowest BCUT2D eigenvalue weighted by Crippen LogP contribution is -2.46. The molecule has 0 aliphatic carbocycles. The Labute approximate surface area is 211 Å². The number of aromatic nitrogens is 1. The molecule has 0 amide bonds. The van der Waals surface area contributed by atoms with Crippen LogP contribution in [-0.2, 0) is 17.8 Å². The SMILES string of the molecule is COC(=O)c1cc2ccccc2n1CCN1CCN(Cc2ccccc2-c2ccc(Cl)cc2)CC1. The molecular formula is C29H30ClN3O2. The van der Waals surface area contributed by atoms with Gasteiger partial charge in [0, 0.05) is 61.7 Å². The minimum Gasteiger partial charge on any atom is -0.464 e. The summed E-state index contributed by atoms with van der Waals surface area (Å²) in [6, 6.07) is 26.8. The first kappa shape index (κ1) is 23.6. The van der Waals surface area contributed by atoms with Crippen molar-refractivity contribution in [2.75, 3.05) is 39.8 Å². The Morgan fingerprint density at radius 2 is 1.54 bits per heavy atom. The van der Waals surface area contributed by atoms with Gasteiger partial charge in [-0.2, -0.15) is 0 Å². The standard InChI is InChI=1S/C29H30ClN3O2/c1-35-29(34)28-20-23-6-3-5-9-27(23)33(28)19-18-31-14-16-32(17-15-31)21-24-7-2-4-8-26(24)22-10-12-25(30)13-11-22/h2-13,20H,14-19,21H2,1H3. The van der Waals surface area contributed by atoms with Crippen molar-refractivity contribution in [1.82, 2.24) is 14.4 Å². The number of para-hydroxylation sites is 1. The molecule has 5 nitrogen and oxygen atoms in total. The molecule has 180 valence electrons. The van der Waals surface area contributed by atoms with E-state index in [-0.39, 0.29) is 5.97 Å². The Balaban J connectivity index is 1.21. The molecular weight excluding hydrogens is 458 g/mol. The number of esters is 1. The lowest BCUT2D eigenvalue weighted by molar-refractivity contribution is 0.0587. The van der Waals surface area contributed by atoms with Gasteiger partial charge in [0.15, 0.2) is 0 Å². The number of carbonyl (C=O) groups excluding carboxylic acids is 1. The number of carbonyl (C=O) groups is 1. The first-order valence-electron chi connectivity index (χ1n) is 12.1. The Kier molecular flexibility index (Phi) is 7.19. The van der Waals surface area contributed by atoms with Crippen LogP contribution in [0.3, 0.4) is 0 Å². The van der Waals surface area contributed by atoms with E-state index in [2.05, 4.69) is 56.8 Å². The Morgan fingerprint density at radius 3 is 2.31 bits per heavy atom. The molecule has 1 fully saturated rings. The van der Waals surface area contributed by atoms with Crippen LogP contribution in [0, 0.1) is 0 Å². The van der Waals surface area contributed by atoms with Crippen molar-refractivity contribution in [2.45, 2.75) is 13.1 Å². The average Bonchev–Trinajstić information content (AvgIpc) is 3.27. The molecule has 2 heterocycles. The Morgan fingerprint density at radius 1 is 0.857 bits per heavy atom. The highest BCUT2D eigenvalue weighted by atomic mass is 35.5. The van der Waals surface area contributed by atoms with Gasteiger partial charge in [-0.15, -0.1) is 0 Å². The molecule has 6 heteroatoms. The summed E-state index contributed by atoms with van der Waals surface area (Å²) in [6.45, 7) is 6.65. The molecule has 0 bridgehead atoms. The number of ether oxygens (including phenoxy) is 1. The number of fused-ring (bicyclic) bond motifs is 1. The van der Waals surface area contributed by atoms with Gasteiger partial charge in [-0.25, -0.2) is 4.79 Å². The van der Waals surface area contributed by atoms with Crippen molar-refractivity contribution >= 4 is 28.5 Å². The molecule has 4 aromatic rings. The number of nitrogens with zero attached hydrogens (tertiary/aromatic N) is 3. The van der Waals surface area contributed by atoms with E-state index < -0.39 is 0 Å². The fourth-order valence-corrected chi connectivity index (χ4v) is 5.07. The van der Waals surface area contributed by atoms with Gasteiger partial charge < -0.3 is 9.30 Å². The summed E-state index contributed by atoms with van der Waals surface area (Å²) in [5, 5.41) is 1.83. The number of rotatable bonds is 7. The number of hydrogen-bond donors (Lipinski definition) is 0. The van der Waals surface area contributed by atoms with E-state index in [0.717, 1.165) is 61.7 Å². The number of halogens is 1. The van der Waals surface area contributed by atoms with Gasteiger partial charge in [-0.3, -0.25) is 9.80 Å². The second kappa shape index (κ2) is 10.6. The fourth-order valence-electron chi connectivity index (χ4n) is 4.95. The van der Waals surface area contributed by atoms with Crippen molar-refractivity contribution < 1.29 is 9.53 Å². The highest BCUT2D eigenvalue weighted by Gasteiger charge is 2.20. The molecule has 1 saturated heterocycles. The summed E-state index contributed by atoms with van der Waals surface area (Å²) in [5.74, 6) is -0.287. The zero-order valence-electron chi connectivity index (χ0n) is 20.0. The zero-order valence-corrected chi connectivity index (χ0v) is 20.7. The van der Waals surface area contributed by atoms with E-state index in [0.29, 0.717) is 5.69 Å². The first-order chi connectivity index (χ1) is 17.1. The van der Waals surface area contributed by atoms with Gasteiger partial charge in [0.1, 0.15) is 5.69 Å². The van der Waals surface area contributed by atoms with Crippen LogP contribution in [0.5, 0.6) is 0 Å². The van der Waals surface area contributed by atoms with Crippen molar-refractivity contribution in [2.24, 2.45) is 0 Å². The molecule has 0 N–H and O–H groups in total. The summed E-state index contributed by atoms with van der Waals surface area (Å²) < 4.78 is 7.12. The van der Waals surface area contributed by atoms with Crippen molar-refractivity contribution in [3.63, 3.8) is 0 Å². The van der Waals surface area contributed by atoms with Crippen molar-refractivity contribution in [3.8, 4) is 11.1 Å². The first-order valence-corrected chi connectivity index (χ1v) is 12.5. The summed E-state index contributed by atoms with van der Waals surface area (Å²) in [7, 11) is 1.44. The second-order valence-electron chi connectivity index (χ2n) is 9.01. The third-order valence-electron chi connectivity index (χ3n) is 6.88. The van der Waals surface area contributed by atoms with Crippen LogP contribution >= 0.6 is 11.6 Å². The van der Waals surface area contributed by atoms with Crippen molar-refractivity contribution in [1.29, 1.82) is 0 Å². The highest BCUT2D eigenvalue weighted by Crippen LogP contribution is 2.27. The molecule has 0 radical (unpaired) electrons. The average molecular weight is 488 g/mol. The smallest absolute Gasteiger partial charge is 0.354 e. The molecule has 1 aliphatic rings. The molecule has 5 rings (SSSR count). The van der Waals surface area contributed by atoms with Crippen LogP contribution < -0.4 is 0 Å². The van der Waals surface area contributed by atoms with Crippen LogP contribution in [0.4, 0.5) is 0 Å². The van der Waals surface area contributed by atoms with Gasteiger partial charge in [0.05, 0.1) is 7.11 Å².